The zero-order valence-electron chi connectivity index (χ0n) is 12.8. The first-order valence-electron chi connectivity index (χ1n) is 8.18. The molecule has 2 fully saturated rings. The van der Waals surface area contributed by atoms with Crippen molar-refractivity contribution in [2.75, 3.05) is 6.61 Å². The largest absolute Gasteiger partial charge is 0.388 e. The Bertz CT molecular complexity index is 488. The van der Waals surface area contributed by atoms with Gasteiger partial charge >= 0.3 is 0 Å². The molecule has 1 aromatic carbocycles. The molecule has 1 N–H and O–H groups in total. The summed E-state index contributed by atoms with van der Waals surface area (Å²) in [5, 5.41) is 10.9. The van der Waals surface area contributed by atoms with Gasteiger partial charge in [0.25, 0.3) is 0 Å². The molecular weight excluding hydrogens is 328 g/mol. The van der Waals surface area contributed by atoms with E-state index in [-0.39, 0.29) is 11.7 Å². The minimum absolute atomic E-state index is 0.0609. The van der Waals surface area contributed by atoms with Crippen molar-refractivity contribution in [3.63, 3.8) is 0 Å². The van der Waals surface area contributed by atoms with Gasteiger partial charge in [0.15, 0.2) is 0 Å². The normalized spacial score (nSPS) is 26.7. The van der Waals surface area contributed by atoms with E-state index in [0.717, 1.165) is 29.5 Å². The van der Waals surface area contributed by atoms with Gasteiger partial charge in [0.1, 0.15) is 0 Å². The van der Waals surface area contributed by atoms with E-state index in [1.807, 2.05) is 6.07 Å². The van der Waals surface area contributed by atoms with Gasteiger partial charge in [-0.2, -0.15) is 0 Å². The predicted octanol–water partition coefficient (Wildman–Crippen LogP) is 4.92. The van der Waals surface area contributed by atoms with Gasteiger partial charge < -0.3 is 9.84 Å². The second kappa shape index (κ2) is 6.39. The van der Waals surface area contributed by atoms with Gasteiger partial charge in [0.2, 0.25) is 0 Å². The Labute approximate surface area is 136 Å². The summed E-state index contributed by atoms with van der Waals surface area (Å²) >= 11 is 3.50. The van der Waals surface area contributed by atoms with Crippen molar-refractivity contribution in [1.29, 1.82) is 0 Å². The molecule has 3 rings (SSSR count). The molecule has 2 aliphatic rings. The zero-order chi connectivity index (χ0) is 14.9. The van der Waals surface area contributed by atoms with E-state index in [9.17, 15) is 5.11 Å². The fourth-order valence-electron chi connectivity index (χ4n) is 4.10. The van der Waals surface area contributed by atoms with Gasteiger partial charge in [0, 0.05) is 11.1 Å². The van der Waals surface area contributed by atoms with E-state index in [0.29, 0.717) is 5.92 Å². The van der Waals surface area contributed by atoms with E-state index in [1.54, 1.807) is 0 Å². The summed E-state index contributed by atoms with van der Waals surface area (Å²) < 4.78 is 7.23. The maximum absolute atomic E-state index is 10.9. The molecule has 21 heavy (non-hydrogen) atoms. The Morgan fingerprint density at radius 2 is 2.05 bits per heavy atom. The first-order valence-corrected chi connectivity index (χ1v) is 8.97. The van der Waals surface area contributed by atoms with Gasteiger partial charge in [-0.15, -0.1) is 0 Å². The summed E-state index contributed by atoms with van der Waals surface area (Å²) in [6.45, 7) is 2.89. The molecule has 0 radical (unpaired) electrons. The van der Waals surface area contributed by atoms with Crippen molar-refractivity contribution in [2.45, 2.75) is 63.6 Å². The number of hydrogen-bond donors (Lipinski definition) is 1. The Morgan fingerprint density at radius 3 is 2.76 bits per heavy atom. The number of aryl methyl sites for hydroxylation is 1. The van der Waals surface area contributed by atoms with Crippen LogP contribution in [0.2, 0.25) is 0 Å². The lowest BCUT2D eigenvalue weighted by atomic mass is 9.73. The molecule has 1 aromatic rings. The highest BCUT2D eigenvalue weighted by Crippen LogP contribution is 2.44. The van der Waals surface area contributed by atoms with Crippen LogP contribution in [-0.4, -0.2) is 17.3 Å². The average Bonchev–Trinajstić information content (AvgIpc) is 2.47. The average molecular weight is 353 g/mol. The van der Waals surface area contributed by atoms with Crippen LogP contribution in [0.4, 0.5) is 0 Å². The number of halogens is 1. The molecule has 1 spiro atoms. The van der Waals surface area contributed by atoms with Gasteiger partial charge in [-0.25, -0.2) is 0 Å². The highest BCUT2D eigenvalue weighted by Gasteiger charge is 2.40. The second-order valence-electron chi connectivity index (χ2n) is 6.79. The molecule has 1 saturated carbocycles. The Balaban J connectivity index is 1.76. The molecular formula is C18H25BrO2. The van der Waals surface area contributed by atoms with E-state index >= 15 is 0 Å². The van der Waals surface area contributed by atoms with Crippen LogP contribution in [-0.2, 0) is 4.74 Å². The van der Waals surface area contributed by atoms with Gasteiger partial charge in [-0.05, 0) is 61.8 Å². The van der Waals surface area contributed by atoms with Crippen molar-refractivity contribution < 1.29 is 9.84 Å². The molecule has 2 nitrogen and oxygen atoms in total. The number of hydrogen-bond acceptors (Lipinski definition) is 2. The summed E-state index contributed by atoms with van der Waals surface area (Å²) in [5.41, 5.74) is 2.31. The molecule has 1 saturated heterocycles. The SMILES string of the molecule is Cc1cc(Br)ccc1C(O)C1CCOC2(CCCCC2)C1. The lowest BCUT2D eigenvalue weighted by molar-refractivity contribution is -0.134. The molecule has 3 heteroatoms. The van der Waals surface area contributed by atoms with E-state index in [2.05, 4.69) is 35.0 Å². The first-order chi connectivity index (χ1) is 10.1. The van der Waals surface area contributed by atoms with Crippen LogP contribution in [0, 0.1) is 12.8 Å². The predicted molar refractivity (Wildman–Crippen MR) is 88.3 cm³/mol. The van der Waals surface area contributed by atoms with Crippen LogP contribution in [0.25, 0.3) is 0 Å². The third-order valence-electron chi connectivity index (χ3n) is 5.29. The highest BCUT2D eigenvalue weighted by atomic mass is 79.9. The minimum Gasteiger partial charge on any atom is -0.388 e. The lowest BCUT2D eigenvalue weighted by Gasteiger charge is -2.44. The molecule has 0 bridgehead atoms. The molecule has 1 aliphatic carbocycles. The number of ether oxygens (including phenoxy) is 1. The standard InChI is InChI=1S/C18H25BrO2/c1-13-11-15(19)5-6-16(13)17(20)14-7-10-21-18(12-14)8-3-2-4-9-18/h5-6,11,14,17,20H,2-4,7-10,12H2,1H3. The number of aliphatic hydroxyl groups is 1. The smallest absolute Gasteiger partial charge is 0.0822 e. The van der Waals surface area contributed by atoms with Crippen LogP contribution < -0.4 is 0 Å². The van der Waals surface area contributed by atoms with Crippen molar-refractivity contribution in [2.24, 2.45) is 5.92 Å². The minimum atomic E-state index is -0.360. The summed E-state index contributed by atoms with van der Waals surface area (Å²) in [4.78, 5) is 0. The molecule has 1 aliphatic heterocycles. The van der Waals surface area contributed by atoms with Crippen LogP contribution in [0.1, 0.15) is 62.2 Å². The summed E-state index contributed by atoms with van der Waals surface area (Å²) in [7, 11) is 0. The third kappa shape index (κ3) is 3.35. The van der Waals surface area contributed by atoms with Crippen molar-refractivity contribution in [3.05, 3.63) is 33.8 Å². The first kappa shape index (κ1) is 15.5. The summed E-state index contributed by atoms with van der Waals surface area (Å²) in [6.07, 6.45) is 7.87. The van der Waals surface area contributed by atoms with Crippen LogP contribution in [0.15, 0.2) is 22.7 Å². The zero-order valence-corrected chi connectivity index (χ0v) is 14.4. The Morgan fingerprint density at radius 1 is 1.29 bits per heavy atom. The Kier molecular flexibility index (Phi) is 4.72. The fourth-order valence-corrected chi connectivity index (χ4v) is 4.58. The second-order valence-corrected chi connectivity index (χ2v) is 7.71. The van der Waals surface area contributed by atoms with Crippen molar-refractivity contribution in [3.8, 4) is 0 Å². The van der Waals surface area contributed by atoms with E-state index in [4.69, 9.17) is 4.74 Å². The fraction of sp³-hybridized carbons (Fsp3) is 0.667. The van der Waals surface area contributed by atoms with Gasteiger partial charge in [0.05, 0.1) is 11.7 Å². The summed E-state index contributed by atoms with van der Waals surface area (Å²) in [6, 6.07) is 6.18. The molecule has 0 amide bonds. The summed E-state index contributed by atoms with van der Waals surface area (Å²) in [5.74, 6) is 0.330. The number of rotatable bonds is 2. The maximum atomic E-state index is 10.9. The molecule has 116 valence electrons. The van der Waals surface area contributed by atoms with Crippen molar-refractivity contribution in [1.82, 2.24) is 0 Å². The number of aliphatic hydroxyl groups excluding tert-OH is 1. The van der Waals surface area contributed by atoms with E-state index in [1.165, 1.54) is 37.7 Å². The van der Waals surface area contributed by atoms with Crippen LogP contribution in [0.3, 0.4) is 0 Å². The van der Waals surface area contributed by atoms with E-state index < -0.39 is 0 Å². The van der Waals surface area contributed by atoms with Crippen LogP contribution >= 0.6 is 15.9 Å². The third-order valence-corrected chi connectivity index (χ3v) is 5.79. The van der Waals surface area contributed by atoms with Crippen molar-refractivity contribution >= 4 is 15.9 Å². The number of benzene rings is 1. The molecule has 2 atom stereocenters. The van der Waals surface area contributed by atoms with Gasteiger partial charge in [-0.3, -0.25) is 0 Å². The Hall–Kier alpha value is -0.380. The molecule has 1 heterocycles. The topological polar surface area (TPSA) is 29.5 Å². The highest BCUT2D eigenvalue weighted by molar-refractivity contribution is 9.10. The molecule has 0 aromatic heterocycles. The quantitative estimate of drug-likeness (QED) is 0.818. The maximum Gasteiger partial charge on any atom is 0.0822 e. The lowest BCUT2D eigenvalue weighted by Crippen LogP contribution is -2.42. The monoisotopic (exact) mass is 352 g/mol. The van der Waals surface area contributed by atoms with Crippen LogP contribution in [0.5, 0.6) is 0 Å². The molecule has 2 unspecified atom stereocenters. The van der Waals surface area contributed by atoms with Gasteiger partial charge in [-0.1, -0.05) is 41.3 Å².